The maximum Gasteiger partial charge on any atom is 0.234 e. The van der Waals surface area contributed by atoms with Crippen molar-refractivity contribution in [2.45, 2.75) is 13.8 Å². The van der Waals surface area contributed by atoms with Gasteiger partial charge in [0.2, 0.25) is 5.78 Å². The summed E-state index contributed by atoms with van der Waals surface area (Å²) in [6.45, 7) is 4.15. The highest BCUT2D eigenvalue weighted by atomic mass is 15.1. The number of imidazole rings is 1. The Morgan fingerprint density at radius 2 is 1.82 bits per heavy atom. The molecule has 0 N–H and O–H groups in total. The first-order valence-corrected chi connectivity index (χ1v) is 5.62. The van der Waals surface area contributed by atoms with Crippen molar-refractivity contribution in [1.82, 2.24) is 14.4 Å². The fourth-order valence-electron chi connectivity index (χ4n) is 1.99. The number of aryl methyl sites for hydroxylation is 2. The van der Waals surface area contributed by atoms with Gasteiger partial charge < -0.3 is 0 Å². The first-order chi connectivity index (χ1) is 8.25. The zero-order valence-electron chi connectivity index (χ0n) is 9.88. The highest BCUT2D eigenvalue weighted by Gasteiger charge is 2.09. The predicted octanol–water partition coefficient (Wildman–Crippen LogP) is 3.01. The molecule has 2 aromatic heterocycles. The van der Waals surface area contributed by atoms with Crippen molar-refractivity contribution in [3.8, 4) is 11.3 Å². The van der Waals surface area contributed by atoms with Gasteiger partial charge in [0.15, 0.2) is 0 Å². The molecule has 2 heterocycles. The molecule has 0 spiro atoms. The minimum Gasteiger partial charge on any atom is -0.288 e. The monoisotopic (exact) mass is 223 g/mol. The number of hydrogen-bond acceptors (Lipinski definition) is 2. The quantitative estimate of drug-likeness (QED) is 0.634. The van der Waals surface area contributed by atoms with Gasteiger partial charge >= 0.3 is 0 Å². The van der Waals surface area contributed by atoms with Gasteiger partial charge in [-0.15, -0.1) is 0 Å². The third-order valence-electron chi connectivity index (χ3n) is 2.97. The van der Waals surface area contributed by atoms with E-state index in [-0.39, 0.29) is 0 Å². The summed E-state index contributed by atoms with van der Waals surface area (Å²) in [6, 6.07) is 10.3. The van der Waals surface area contributed by atoms with E-state index in [0.717, 1.165) is 22.7 Å². The zero-order chi connectivity index (χ0) is 11.8. The summed E-state index contributed by atoms with van der Waals surface area (Å²) in [6.07, 6.45) is 3.75. The molecular weight excluding hydrogens is 210 g/mol. The van der Waals surface area contributed by atoms with E-state index in [1.165, 1.54) is 5.56 Å². The molecule has 0 saturated heterocycles. The Hall–Kier alpha value is -2.16. The normalized spacial score (nSPS) is 10.9. The molecule has 0 aliphatic heterocycles. The van der Waals surface area contributed by atoms with Gasteiger partial charge in [0.25, 0.3) is 0 Å². The van der Waals surface area contributed by atoms with E-state index in [4.69, 9.17) is 0 Å². The molecule has 3 nitrogen and oxygen atoms in total. The van der Waals surface area contributed by atoms with Crippen LogP contribution in [0.15, 0.2) is 42.7 Å². The highest BCUT2D eigenvalue weighted by Crippen LogP contribution is 2.23. The molecule has 0 aliphatic rings. The van der Waals surface area contributed by atoms with Gasteiger partial charge in [-0.2, -0.15) is 0 Å². The van der Waals surface area contributed by atoms with E-state index in [1.807, 2.05) is 16.7 Å². The molecule has 17 heavy (non-hydrogen) atoms. The van der Waals surface area contributed by atoms with Crippen molar-refractivity contribution in [2.75, 3.05) is 0 Å². The largest absolute Gasteiger partial charge is 0.288 e. The van der Waals surface area contributed by atoms with Crippen LogP contribution in [-0.4, -0.2) is 14.4 Å². The summed E-state index contributed by atoms with van der Waals surface area (Å²) in [5, 5.41) is 0. The molecule has 0 amide bonds. The summed E-state index contributed by atoms with van der Waals surface area (Å²) >= 11 is 0. The van der Waals surface area contributed by atoms with Crippen molar-refractivity contribution >= 4 is 5.78 Å². The van der Waals surface area contributed by atoms with Crippen molar-refractivity contribution in [3.63, 3.8) is 0 Å². The molecule has 0 unspecified atom stereocenters. The number of fused-ring (bicyclic) bond motifs is 1. The van der Waals surface area contributed by atoms with Gasteiger partial charge in [-0.25, -0.2) is 9.97 Å². The number of nitrogens with zero attached hydrogens (tertiary/aromatic N) is 3. The second-order valence-electron chi connectivity index (χ2n) is 4.20. The Morgan fingerprint density at radius 3 is 2.53 bits per heavy atom. The van der Waals surface area contributed by atoms with Crippen LogP contribution in [0.1, 0.15) is 11.3 Å². The molecule has 3 rings (SSSR count). The van der Waals surface area contributed by atoms with Crippen LogP contribution in [0.4, 0.5) is 0 Å². The maximum atomic E-state index is 4.56. The van der Waals surface area contributed by atoms with Crippen LogP contribution in [0, 0.1) is 13.8 Å². The van der Waals surface area contributed by atoms with E-state index in [9.17, 15) is 0 Å². The third kappa shape index (κ3) is 1.60. The Balaban J connectivity index is 2.24. The zero-order valence-corrected chi connectivity index (χ0v) is 9.88. The number of rotatable bonds is 1. The topological polar surface area (TPSA) is 30.2 Å². The summed E-state index contributed by atoms with van der Waals surface area (Å²) in [5.74, 6) is 0.751. The van der Waals surface area contributed by atoms with Gasteiger partial charge in [0.1, 0.15) is 0 Å². The molecule has 0 saturated carbocycles. The molecule has 0 bridgehead atoms. The van der Waals surface area contributed by atoms with Crippen LogP contribution in [0.3, 0.4) is 0 Å². The minimum absolute atomic E-state index is 0.751. The first-order valence-electron chi connectivity index (χ1n) is 5.62. The maximum absolute atomic E-state index is 4.56. The molecule has 3 heteroatoms. The van der Waals surface area contributed by atoms with Gasteiger partial charge in [-0.05, 0) is 19.9 Å². The highest BCUT2D eigenvalue weighted by molar-refractivity contribution is 5.65. The van der Waals surface area contributed by atoms with Crippen molar-refractivity contribution in [1.29, 1.82) is 0 Å². The Morgan fingerprint density at radius 1 is 1.06 bits per heavy atom. The summed E-state index contributed by atoms with van der Waals surface area (Å²) in [4.78, 5) is 8.82. The lowest BCUT2D eigenvalue weighted by Crippen LogP contribution is -1.88. The predicted molar refractivity (Wildman–Crippen MR) is 67.9 cm³/mol. The van der Waals surface area contributed by atoms with Crippen LogP contribution < -0.4 is 0 Å². The number of benzene rings is 1. The Kier molecular flexibility index (Phi) is 2.18. The van der Waals surface area contributed by atoms with Crippen molar-refractivity contribution in [2.24, 2.45) is 0 Å². The van der Waals surface area contributed by atoms with Gasteiger partial charge in [0.05, 0.1) is 5.69 Å². The lowest BCUT2D eigenvalue weighted by atomic mass is 10.1. The smallest absolute Gasteiger partial charge is 0.234 e. The van der Waals surface area contributed by atoms with E-state index in [1.54, 1.807) is 6.20 Å². The van der Waals surface area contributed by atoms with Crippen LogP contribution in [-0.2, 0) is 0 Å². The summed E-state index contributed by atoms with van der Waals surface area (Å²) in [5.41, 5.74) is 4.52. The fraction of sp³-hybridized carbons (Fsp3) is 0.143. The molecule has 1 aromatic carbocycles. The van der Waals surface area contributed by atoms with Gasteiger partial charge in [0, 0.05) is 23.7 Å². The molecular formula is C14H13N3. The molecule has 0 atom stereocenters. The minimum atomic E-state index is 0.751. The molecule has 0 radical (unpaired) electrons. The lowest BCUT2D eigenvalue weighted by Gasteiger charge is -1.99. The van der Waals surface area contributed by atoms with E-state index in [2.05, 4.69) is 48.1 Å². The number of aromatic nitrogens is 3. The average molecular weight is 223 g/mol. The Labute approximate surface area is 99.8 Å². The average Bonchev–Trinajstić information content (AvgIpc) is 2.69. The van der Waals surface area contributed by atoms with Crippen LogP contribution in [0.25, 0.3) is 17.0 Å². The van der Waals surface area contributed by atoms with E-state index >= 15 is 0 Å². The standard InChI is InChI=1S/C14H13N3/c1-10-4-6-12(7-5-10)13-11(2)17-9-3-8-15-14(17)16-13/h3-9H,1-2H3. The molecule has 84 valence electrons. The molecule has 0 fully saturated rings. The number of hydrogen-bond donors (Lipinski definition) is 0. The van der Waals surface area contributed by atoms with Crippen LogP contribution >= 0.6 is 0 Å². The van der Waals surface area contributed by atoms with E-state index in [0.29, 0.717) is 0 Å². The van der Waals surface area contributed by atoms with Gasteiger partial charge in [-0.1, -0.05) is 29.8 Å². The third-order valence-corrected chi connectivity index (χ3v) is 2.97. The first kappa shape index (κ1) is 10.0. The van der Waals surface area contributed by atoms with Crippen molar-refractivity contribution < 1.29 is 0 Å². The summed E-state index contributed by atoms with van der Waals surface area (Å²) in [7, 11) is 0. The SMILES string of the molecule is Cc1ccc(-c2nc3ncccn3c2C)cc1. The van der Waals surface area contributed by atoms with Crippen molar-refractivity contribution in [3.05, 3.63) is 54.0 Å². The van der Waals surface area contributed by atoms with Crippen LogP contribution in [0.2, 0.25) is 0 Å². The van der Waals surface area contributed by atoms with Crippen LogP contribution in [0.5, 0.6) is 0 Å². The second kappa shape index (κ2) is 3.70. The summed E-state index contributed by atoms with van der Waals surface area (Å²) < 4.78 is 2.01. The molecule has 0 aliphatic carbocycles. The van der Waals surface area contributed by atoms with Gasteiger partial charge in [-0.3, -0.25) is 4.40 Å². The van der Waals surface area contributed by atoms with E-state index < -0.39 is 0 Å². The molecule has 3 aromatic rings. The Bertz CT molecular complexity index is 666. The lowest BCUT2D eigenvalue weighted by molar-refractivity contribution is 1.06. The fourth-order valence-corrected chi connectivity index (χ4v) is 1.99. The second-order valence-corrected chi connectivity index (χ2v) is 4.20.